The van der Waals surface area contributed by atoms with Gasteiger partial charge in [0.25, 0.3) is 5.91 Å². The fourth-order valence-corrected chi connectivity index (χ4v) is 1.41. The highest BCUT2D eigenvalue weighted by molar-refractivity contribution is 5.98. The van der Waals surface area contributed by atoms with Gasteiger partial charge in [-0.15, -0.1) is 0 Å². The smallest absolute Gasteiger partial charge is 0.328 e. The third-order valence-electron chi connectivity index (χ3n) is 2.23. The Hall–Kier alpha value is -2.12. The molecule has 0 spiro atoms. The maximum atomic E-state index is 11.8. The Labute approximate surface area is 104 Å². The van der Waals surface area contributed by atoms with Crippen molar-refractivity contribution in [3.63, 3.8) is 0 Å². The number of carbonyl (C=O) groups is 2. The Morgan fingerprint density at radius 1 is 1.44 bits per heavy atom. The quantitative estimate of drug-likeness (QED) is 0.709. The summed E-state index contributed by atoms with van der Waals surface area (Å²) in [4.78, 5) is 23.3. The standard InChI is InChI=1S/C10H16N4O4/c1-5(2)4-6(10(16)17-3)12-9(15)7-8(11)14-18-13-7/h5-6H,4H2,1-3H3,(H2,11,14)(H,12,15)/t6-/m0/s1. The molecular weight excluding hydrogens is 240 g/mol. The van der Waals surface area contributed by atoms with Crippen molar-refractivity contribution in [3.8, 4) is 0 Å². The van der Waals surface area contributed by atoms with Crippen LogP contribution in [0.4, 0.5) is 5.82 Å². The lowest BCUT2D eigenvalue weighted by atomic mass is 10.0. The van der Waals surface area contributed by atoms with Crippen LogP contribution in [0.5, 0.6) is 0 Å². The van der Waals surface area contributed by atoms with Crippen LogP contribution in [0, 0.1) is 5.92 Å². The fraction of sp³-hybridized carbons (Fsp3) is 0.600. The highest BCUT2D eigenvalue weighted by Crippen LogP contribution is 2.09. The number of amides is 1. The summed E-state index contributed by atoms with van der Waals surface area (Å²) >= 11 is 0. The summed E-state index contributed by atoms with van der Waals surface area (Å²) in [6.45, 7) is 3.85. The second kappa shape index (κ2) is 5.99. The third-order valence-corrected chi connectivity index (χ3v) is 2.23. The zero-order valence-electron chi connectivity index (χ0n) is 10.5. The molecule has 1 atom stereocenters. The van der Waals surface area contributed by atoms with Crippen molar-refractivity contribution in [2.75, 3.05) is 12.8 Å². The van der Waals surface area contributed by atoms with E-state index in [4.69, 9.17) is 5.73 Å². The van der Waals surface area contributed by atoms with Crippen LogP contribution in [0.25, 0.3) is 0 Å². The van der Waals surface area contributed by atoms with Crippen molar-refractivity contribution < 1.29 is 19.0 Å². The molecule has 100 valence electrons. The van der Waals surface area contributed by atoms with Gasteiger partial charge in [0.15, 0.2) is 0 Å². The molecule has 0 bridgehead atoms. The van der Waals surface area contributed by atoms with Gasteiger partial charge in [-0.25, -0.2) is 9.42 Å². The normalized spacial score (nSPS) is 12.2. The Morgan fingerprint density at radius 2 is 2.11 bits per heavy atom. The summed E-state index contributed by atoms with van der Waals surface area (Å²) in [5.74, 6) is -1.06. The molecule has 0 aliphatic heterocycles. The fourth-order valence-electron chi connectivity index (χ4n) is 1.41. The van der Waals surface area contributed by atoms with Gasteiger partial charge in [-0.3, -0.25) is 4.79 Å². The van der Waals surface area contributed by atoms with E-state index in [1.165, 1.54) is 7.11 Å². The highest BCUT2D eigenvalue weighted by atomic mass is 16.6. The number of esters is 1. The number of rotatable bonds is 5. The highest BCUT2D eigenvalue weighted by Gasteiger charge is 2.25. The van der Waals surface area contributed by atoms with E-state index in [0.717, 1.165) is 0 Å². The van der Waals surface area contributed by atoms with Crippen molar-refractivity contribution in [3.05, 3.63) is 5.69 Å². The molecule has 0 saturated carbocycles. The molecule has 0 aliphatic carbocycles. The van der Waals surface area contributed by atoms with E-state index in [2.05, 4.69) is 25.0 Å². The van der Waals surface area contributed by atoms with Gasteiger partial charge in [-0.2, -0.15) is 0 Å². The molecule has 1 heterocycles. The van der Waals surface area contributed by atoms with Crippen molar-refractivity contribution in [1.82, 2.24) is 15.6 Å². The maximum absolute atomic E-state index is 11.8. The van der Waals surface area contributed by atoms with Crippen LogP contribution in [0.3, 0.4) is 0 Å². The van der Waals surface area contributed by atoms with E-state index in [9.17, 15) is 9.59 Å². The zero-order chi connectivity index (χ0) is 13.7. The van der Waals surface area contributed by atoms with Crippen LogP contribution in [0.15, 0.2) is 4.63 Å². The molecule has 8 nitrogen and oxygen atoms in total. The molecular formula is C10H16N4O4. The molecule has 3 N–H and O–H groups in total. The molecule has 0 saturated heterocycles. The van der Waals surface area contributed by atoms with Crippen LogP contribution >= 0.6 is 0 Å². The molecule has 0 fully saturated rings. The first-order valence-electron chi connectivity index (χ1n) is 5.42. The van der Waals surface area contributed by atoms with Crippen LogP contribution in [0.1, 0.15) is 30.8 Å². The van der Waals surface area contributed by atoms with Crippen molar-refractivity contribution in [1.29, 1.82) is 0 Å². The number of nitrogens with zero attached hydrogens (tertiary/aromatic N) is 2. The Kier molecular flexibility index (Phi) is 4.64. The van der Waals surface area contributed by atoms with E-state index in [1.54, 1.807) is 0 Å². The number of carbonyl (C=O) groups excluding carboxylic acids is 2. The van der Waals surface area contributed by atoms with Gasteiger partial charge in [0.1, 0.15) is 6.04 Å². The number of methoxy groups -OCH3 is 1. The molecule has 1 amide bonds. The summed E-state index contributed by atoms with van der Waals surface area (Å²) in [6, 6.07) is -0.751. The second-order valence-electron chi connectivity index (χ2n) is 4.18. The summed E-state index contributed by atoms with van der Waals surface area (Å²) in [5.41, 5.74) is 5.24. The minimum absolute atomic E-state index is 0.124. The average molecular weight is 256 g/mol. The number of aromatic nitrogens is 2. The lowest BCUT2D eigenvalue weighted by molar-refractivity contribution is -0.143. The summed E-state index contributed by atoms with van der Waals surface area (Å²) in [6.07, 6.45) is 0.448. The van der Waals surface area contributed by atoms with Gasteiger partial charge >= 0.3 is 5.97 Å². The van der Waals surface area contributed by atoms with E-state index in [0.29, 0.717) is 6.42 Å². The van der Waals surface area contributed by atoms with Gasteiger partial charge in [-0.05, 0) is 22.7 Å². The predicted molar refractivity (Wildman–Crippen MR) is 61.4 cm³/mol. The predicted octanol–water partition coefficient (Wildman–Crippen LogP) is -0.0307. The molecule has 0 radical (unpaired) electrons. The molecule has 1 aromatic heterocycles. The third kappa shape index (κ3) is 3.44. The number of hydrogen-bond donors (Lipinski definition) is 2. The van der Waals surface area contributed by atoms with Crippen molar-refractivity contribution >= 4 is 17.7 Å². The Balaban J connectivity index is 2.74. The molecule has 18 heavy (non-hydrogen) atoms. The van der Waals surface area contributed by atoms with E-state index < -0.39 is 17.9 Å². The molecule has 0 aromatic carbocycles. The van der Waals surface area contributed by atoms with Gasteiger partial charge < -0.3 is 15.8 Å². The Morgan fingerprint density at radius 3 is 2.56 bits per heavy atom. The molecule has 1 aromatic rings. The minimum atomic E-state index is -0.751. The molecule has 8 heteroatoms. The summed E-state index contributed by atoms with van der Waals surface area (Å²) < 4.78 is 8.93. The average Bonchev–Trinajstić information content (AvgIpc) is 2.73. The van der Waals surface area contributed by atoms with Crippen LogP contribution in [0.2, 0.25) is 0 Å². The molecule has 0 unspecified atom stereocenters. The first-order chi connectivity index (χ1) is 8.45. The lowest BCUT2D eigenvalue weighted by Gasteiger charge is -2.17. The summed E-state index contributed by atoms with van der Waals surface area (Å²) in [7, 11) is 1.26. The van der Waals surface area contributed by atoms with Gasteiger partial charge in [0.2, 0.25) is 11.5 Å². The maximum Gasteiger partial charge on any atom is 0.328 e. The largest absolute Gasteiger partial charge is 0.467 e. The van der Waals surface area contributed by atoms with Gasteiger partial charge in [0.05, 0.1) is 7.11 Å². The monoisotopic (exact) mass is 256 g/mol. The lowest BCUT2D eigenvalue weighted by Crippen LogP contribution is -2.42. The van der Waals surface area contributed by atoms with E-state index in [1.807, 2.05) is 13.8 Å². The number of nitrogens with two attached hydrogens (primary N) is 1. The first kappa shape index (κ1) is 13.9. The van der Waals surface area contributed by atoms with Crippen molar-refractivity contribution in [2.45, 2.75) is 26.3 Å². The number of ether oxygens (including phenoxy) is 1. The van der Waals surface area contributed by atoms with Gasteiger partial charge in [-0.1, -0.05) is 13.8 Å². The van der Waals surface area contributed by atoms with Crippen LogP contribution < -0.4 is 11.1 Å². The molecule has 1 rings (SSSR count). The van der Waals surface area contributed by atoms with Gasteiger partial charge in [0, 0.05) is 0 Å². The number of nitrogen functional groups attached to an aromatic ring is 1. The molecule has 0 aliphatic rings. The number of nitrogens with one attached hydrogen (secondary N) is 1. The zero-order valence-corrected chi connectivity index (χ0v) is 10.5. The summed E-state index contributed by atoms with van der Waals surface area (Å²) in [5, 5.41) is 9.13. The van der Waals surface area contributed by atoms with E-state index >= 15 is 0 Å². The first-order valence-corrected chi connectivity index (χ1v) is 5.42. The Bertz CT molecular complexity index is 429. The van der Waals surface area contributed by atoms with Crippen molar-refractivity contribution in [2.24, 2.45) is 5.92 Å². The minimum Gasteiger partial charge on any atom is -0.467 e. The number of hydrogen-bond acceptors (Lipinski definition) is 7. The van der Waals surface area contributed by atoms with Crippen LogP contribution in [-0.2, 0) is 9.53 Å². The van der Waals surface area contributed by atoms with Crippen LogP contribution in [-0.4, -0.2) is 35.3 Å². The number of anilines is 1. The topological polar surface area (TPSA) is 120 Å². The second-order valence-corrected chi connectivity index (χ2v) is 4.18. The SMILES string of the molecule is COC(=O)[C@H](CC(C)C)NC(=O)c1nonc1N. The van der Waals surface area contributed by atoms with E-state index in [-0.39, 0.29) is 17.4 Å².